The van der Waals surface area contributed by atoms with Crippen LogP contribution in [0.5, 0.6) is 5.75 Å². The second-order valence-electron chi connectivity index (χ2n) is 9.14. The van der Waals surface area contributed by atoms with Gasteiger partial charge in [-0.1, -0.05) is 6.07 Å². The van der Waals surface area contributed by atoms with E-state index in [-0.39, 0.29) is 5.60 Å². The molecule has 2 aliphatic heterocycles. The van der Waals surface area contributed by atoms with Crippen LogP contribution in [-0.4, -0.2) is 52.4 Å². The van der Waals surface area contributed by atoms with Gasteiger partial charge in [0, 0.05) is 37.8 Å². The van der Waals surface area contributed by atoms with Crippen LogP contribution in [0, 0.1) is 0 Å². The van der Waals surface area contributed by atoms with Crippen molar-refractivity contribution in [3.05, 3.63) is 71.6 Å². The summed E-state index contributed by atoms with van der Waals surface area (Å²) in [6.45, 7) is 7.51. The molecule has 1 aromatic carbocycles. The lowest BCUT2D eigenvalue weighted by molar-refractivity contribution is 0.200. The van der Waals surface area contributed by atoms with Gasteiger partial charge < -0.3 is 14.1 Å². The van der Waals surface area contributed by atoms with E-state index in [1.165, 1.54) is 5.56 Å². The first-order valence-electron chi connectivity index (χ1n) is 11.3. The van der Waals surface area contributed by atoms with Gasteiger partial charge in [-0.2, -0.15) is 0 Å². The Labute approximate surface area is 187 Å². The summed E-state index contributed by atoms with van der Waals surface area (Å²) in [4.78, 5) is 18.7. The predicted molar refractivity (Wildman–Crippen MR) is 122 cm³/mol. The molecule has 2 fully saturated rings. The number of piperazine rings is 1. The van der Waals surface area contributed by atoms with Crippen molar-refractivity contribution in [3.8, 4) is 5.75 Å². The van der Waals surface area contributed by atoms with Gasteiger partial charge >= 0.3 is 0 Å². The number of furan rings is 1. The maximum Gasteiger partial charge on any atom is 0.132 e. The van der Waals surface area contributed by atoms with E-state index >= 15 is 0 Å². The Bertz CT molecular complexity index is 1140. The van der Waals surface area contributed by atoms with Gasteiger partial charge in [-0.3, -0.25) is 9.89 Å². The Hall–Kier alpha value is -3.19. The largest absolute Gasteiger partial charge is 0.488 e. The highest BCUT2D eigenvalue weighted by Crippen LogP contribution is 2.40. The summed E-state index contributed by atoms with van der Waals surface area (Å²) >= 11 is 0. The normalized spacial score (nSPS) is 19.5. The van der Waals surface area contributed by atoms with Crippen LogP contribution in [0.25, 0.3) is 0 Å². The number of nitrogens with zero attached hydrogens (tertiary/aromatic N) is 5. The minimum Gasteiger partial charge on any atom is -0.488 e. The molecule has 0 unspecified atom stereocenters. The number of anilines is 1. The monoisotopic (exact) mass is 429 g/mol. The Morgan fingerprint density at radius 1 is 1.06 bits per heavy atom. The summed E-state index contributed by atoms with van der Waals surface area (Å²) in [5.41, 5.74) is 4.17. The molecule has 0 amide bonds. The fourth-order valence-electron chi connectivity index (χ4n) is 4.42. The van der Waals surface area contributed by atoms with Crippen molar-refractivity contribution in [1.29, 1.82) is 0 Å². The third-order valence-electron chi connectivity index (χ3n) is 6.61. The fraction of sp³-hybridized carbons (Fsp3) is 0.400. The van der Waals surface area contributed by atoms with Gasteiger partial charge in [-0.25, -0.2) is 9.97 Å². The number of rotatable bonds is 6. The van der Waals surface area contributed by atoms with Crippen molar-refractivity contribution in [2.75, 3.05) is 31.1 Å². The third kappa shape index (κ3) is 3.88. The summed E-state index contributed by atoms with van der Waals surface area (Å²) in [5.74, 6) is 2.89. The van der Waals surface area contributed by atoms with Crippen LogP contribution < -0.4 is 9.64 Å². The van der Waals surface area contributed by atoms with Gasteiger partial charge in [0.2, 0.25) is 0 Å². The van der Waals surface area contributed by atoms with E-state index in [4.69, 9.17) is 14.1 Å². The van der Waals surface area contributed by atoms with E-state index < -0.39 is 0 Å². The molecular weight excluding hydrogens is 402 g/mol. The molecule has 1 aliphatic carbocycles. The number of aromatic nitrogens is 2. The van der Waals surface area contributed by atoms with E-state index in [2.05, 4.69) is 51.0 Å². The number of hydrogen-bond donors (Lipinski definition) is 0. The number of aliphatic imine (C=N–C) groups is 1. The molecule has 3 aliphatic rings. The molecule has 1 saturated heterocycles. The van der Waals surface area contributed by atoms with Crippen molar-refractivity contribution in [2.45, 2.75) is 38.5 Å². The molecule has 7 nitrogen and oxygen atoms in total. The van der Waals surface area contributed by atoms with Gasteiger partial charge in [0.15, 0.2) is 0 Å². The van der Waals surface area contributed by atoms with Crippen LogP contribution in [0.15, 0.2) is 58.4 Å². The van der Waals surface area contributed by atoms with E-state index in [0.29, 0.717) is 6.54 Å². The minimum absolute atomic E-state index is 0.00527. The standard InChI is InChI=1S/C25H27N5O2/c1-25(6-7-25)32-19-5-4-18-15-26-24(21(18)13-19)22-14-23(28-17-27-22)30-10-8-29(9-11-30)16-20-3-2-12-31-20/h2-5,12-14,17H,6-11,15-16H2,1H3. The van der Waals surface area contributed by atoms with Crippen LogP contribution in [-0.2, 0) is 13.1 Å². The Kier molecular flexibility index (Phi) is 4.72. The highest BCUT2D eigenvalue weighted by Gasteiger charge is 2.40. The zero-order chi connectivity index (χ0) is 21.5. The molecule has 0 atom stereocenters. The summed E-state index contributed by atoms with van der Waals surface area (Å²) in [5, 5.41) is 0. The first kappa shape index (κ1) is 19.5. The van der Waals surface area contributed by atoms with Crippen molar-refractivity contribution in [2.24, 2.45) is 4.99 Å². The Morgan fingerprint density at radius 3 is 2.72 bits per heavy atom. The minimum atomic E-state index is 0.00527. The predicted octanol–water partition coefficient (Wildman–Crippen LogP) is 3.67. The average Bonchev–Trinajstić information content (AvgIpc) is 3.18. The lowest BCUT2D eigenvalue weighted by Crippen LogP contribution is -2.46. The molecule has 0 radical (unpaired) electrons. The second kappa shape index (κ2) is 7.74. The summed E-state index contributed by atoms with van der Waals surface area (Å²) < 4.78 is 11.7. The van der Waals surface area contributed by atoms with Gasteiger partial charge in [0.1, 0.15) is 29.3 Å². The lowest BCUT2D eigenvalue weighted by atomic mass is 10.0. The first-order valence-corrected chi connectivity index (χ1v) is 11.3. The molecule has 0 N–H and O–H groups in total. The quantitative estimate of drug-likeness (QED) is 0.596. The number of ether oxygens (including phenoxy) is 1. The molecule has 2 aromatic heterocycles. The van der Waals surface area contributed by atoms with Gasteiger partial charge in [0.05, 0.1) is 30.8 Å². The lowest BCUT2D eigenvalue weighted by Gasteiger charge is -2.35. The van der Waals surface area contributed by atoms with Crippen LogP contribution in [0.3, 0.4) is 0 Å². The van der Waals surface area contributed by atoms with Gasteiger partial charge in [-0.05, 0) is 49.6 Å². The maximum atomic E-state index is 6.18. The van der Waals surface area contributed by atoms with E-state index in [9.17, 15) is 0 Å². The van der Waals surface area contributed by atoms with Crippen molar-refractivity contribution in [3.63, 3.8) is 0 Å². The van der Waals surface area contributed by atoms with Crippen LogP contribution >= 0.6 is 0 Å². The molecule has 32 heavy (non-hydrogen) atoms. The molecule has 0 spiro atoms. The van der Waals surface area contributed by atoms with Gasteiger partial charge in [0.25, 0.3) is 0 Å². The third-order valence-corrected chi connectivity index (χ3v) is 6.61. The topological polar surface area (TPSA) is 67.0 Å². The number of benzene rings is 1. The van der Waals surface area contributed by atoms with Crippen molar-refractivity contribution in [1.82, 2.24) is 14.9 Å². The highest BCUT2D eigenvalue weighted by atomic mass is 16.5. The molecule has 7 heteroatoms. The summed E-state index contributed by atoms with van der Waals surface area (Å²) in [7, 11) is 0. The Morgan fingerprint density at radius 2 is 1.94 bits per heavy atom. The van der Waals surface area contributed by atoms with Crippen molar-refractivity contribution >= 4 is 11.5 Å². The smallest absolute Gasteiger partial charge is 0.132 e. The SMILES string of the molecule is CC1(Oc2ccc3c(c2)C(c2cc(N4CCN(Cc5ccco5)CC4)ncn2)=NC3)CC1. The molecule has 4 heterocycles. The zero-order valence-corrected chi connectivity index (χ0v) is 18.3. The Balaban J connectivity index is 1.17. The molecule has 1 saturated carbocycles. The molecule has 0 bridgehead atoms. The van der Waals surface area contributed by atoms with Crippen molar-refractivity contribution < 1.29 is 9.15 Å². The zero-order valence-electron chi connectivity index (χ0n) is 18.3. The van der Waals surface area contributed by atoms with E-state index in [0.717, 1.165) is 79.9 Å². The molecular formula is C25H27N5O2. The van der Waals surface area contributed by atoms with Gasteiger partial charge in [-0.15, -0.1) is 0 Å². The van der Waals surface area contributed by atoms with Crippen LogP contribution in [0.4, 0.5) is 5.82 Å². The summed E-state index contributed by atoms with van der Waals surface area (Å²) in [6.07, 6.45) is 5.63. The average molecular weight is 430 g/mol. The second-order valence-corrected chi connectivity index (χ2v) is 9.14. The van der Waals surface area contributed by atoms with E-state index in [1.54, 1.807) is 12.6 Å². The molecule has 6 rings (SSSR count). The van der Waals surface area contributed by atoms with E-state index in [1.807, 2.05) is 12.1 Å². The number of hydrogen-bond acceptors (Lipinski definition) is 7. The summed E-state index contributed by atoms with van der Waals surface area (Å²) in [6, 6.07) is 12.4. The fourth-order valence-corrected chi connectivity index (χ4v) is 4.42. The maximum absolute atomic E-state index is 6.18. The van der Waals surface area contributed by atoms with Crippen LogP contribution in [0.2, 0.25) is 0 Å². The number of fused-ring (bicyclic) bond motifs is 1. The highest BCUT2D eigenvalue weighted by molar-refractivity contribution is 6.14. The first-order chi connectivity index (χ1) is 15.7. The van der Waals surface area contributed by atoms with Crippen LogP contribution in [0.1, 0.15) is 42.3 Å². The molecule has 3 aromatic rings. The molecule has 164 valence electrons.